The van der Waals surface area contributed by atoms with Gasteiger partial charge in [0, 0.05) is 24.2 Å². The minimum atomic E-state index is -0.0798. The van der Waals surface area contributed by atoms with E-state index in [1.807, 2.05) is 6.92 Å². The van der Waals surface area contributed by atoms with E-state index in [9.17, 15) is 4.79 Å². The Morgan fingerprint density at radius 3 is 2.53 bits per heavy atom. The summed E-state index contributed by atoms with van der Waals surface area (Å²) in [5.74, 6) is -0.0798. The monoisotopic (exact) mass is 491 g/mol. The molecule has 8 heteroatoms. The molecule has 2 fully saturated rings. The summed E-state index contributed by atoms with van der Waals surface area (Å²) < 4.78 is 4.89. The van der Waals surface area contributed by atoms with Crippen molar-refractivity contribution in [1.29, 1.82) is 0 Å². The minimum Gasteiger partial charge on any atom is -0.397 e. The number of aliphatic imine (C=N–C) groups is 1. The van der Waals surface area contributed by atoms with E-state index < -0.39 is 0 Å². The first-order chi connectivity index (χ1) is 16.1. The SMILES string of the molecule is CCN=C(Cl)/C(CC(=O)NC1CCC2(CC1)CCN(CCC(C)(C)C)CC2)=C(\N)c1ccon1. The molecule has 1 saturated carbocycles. The van der Waals surface area contributed by atoms with E-state index in [-0.39, 0.29) is 23.5 Å². The molecule has 0 unspecified atom stereocenters. The first-order valence-electron chi connectivity index (χ1n) is 12.7. The number of hydrogen-bond donors (Lipinski definition) is 2. The molecule has 0 radical (unpaired) electrons. The molecule has 1 aromatic rings. The van der Waals surface area contributed by atoms with E-state index in [0.29, 0.717) is 34.3 Å². The van der Waals surface area contributed by atoms with Crippen LogP contribution in [-0.2, 0) is 4.79 Å². The summed E-state index contributed by atoms with van der Waals surface area (Å²) in [6, 6.07) is 1.85. The van der Waals surface area contributed by atoms with Crippen LogP contribution in [0.5, 0.6) is 0 Å². The molecule has 1 aromatic heterocycles. The number of amides is 1. The van der Waals surface area contributed by atoms with E-state index >= 15 is 0 Å². The summed E-state index contributed by atoms with van der Waals surface area (Å²) in [6.07, 6.45) is 9.76. The first-order valence-corrected chi connectivity index (χ1v) is 13.1. The average Bonchev–Trinajstić information content (AvgIpc) is 3.33. The Hall–Kier alpha value is -1.86. The fraction of sp³-hybridized carbons (Fsp3) is 0.731. The number of likely N-dealkylation sites (tertiary alicyclic amines) is 1. The summed E-state index contributed by atoms with van der Waals surface area (Å²) in [4.78, 5) is 19.8. The summed E-state index contributed by atoms with van der Waals surface area (Å²) >= 11 is 6.37. The van der Waals surface area contributed by atoms with Crippen molar-refractivity contribution in [3.63, 3.8) is 0 Å². The highest BCUT2D eigenvalue weighted by atomic mass is 35.5. The smallest absolute Gasteiger partial charge is 0.224 e. The molecular weight excluding hydrogens is 450 g/mol. The number of carbonyl (C=O) groups excluding carboxylic acids is 1. The van der Waals surface area contributed by atoms with Crippen LogP contribution in [-0.4, -0.2) is 53.4 Å². The van der Waals surface area contributed by atoms with Gasteiger partial charge in [0.25, 0.3) is 0 Å². The normalized spacial score (nSPS) is 20.9. The molecule has 1 spiro atoms. The number of rotatable bonds is 8. The van der Waals surface area contributed by atoms with Crippen LogP contribution in [0.15, 0.2) is 27.4 Å². The van der Waals surface area contributed by atoms with Crippen LogP contribution in [0, 0.1) is 10.8 Å². The number of piperidine rings is 1. The van der Waals surface area contributed by atoms with Crippen LogP contribution < -0.4 is 11.1 Å². The van der Waals surface area contributed by atoms with Crippen LogP contribution >= 0.6 is 11.6 Å². The highest BCUT2D eigenvalue weighted by Crippen LogP contribution is 2.44. The molecule has 3 N–H and O–H groups in total. The Kier molecular flexibility index (Phi) is 9.21. The van der Waals surface area contributed by atoms with E-state index in [2.05, 4.69) is 41.1 Å². The predicted molar refractivity (Wildman–Crippen MR) is 139 cm³/mol. The predicted octanol–water partition coefficient (Wildman–Crippen LogP) is 4.97. The molecule has 0 bridgehead atoms. The Labute approximate surface area is 209 Å². The fourth-order valence-corrected chi connectivity index (χ4v) is 5.37. The van der Waals surface area contributed by atoms with Crippen molar-refractivity contribution in [2.45, 2.75) is 85.1 Å². The quantitative estimate of drug-likeness (QED) is 0.500. The molecule has 3 rings (SSSR count). The summed E-state index contributed by atoms with van der Waals surface area (Å²) in [5, 5.41) is 7.34. The lowest BCUT2D eigenvalue weighted by Crippen LogP contribution is -2.46. The highest BCUT2D eigenvalue weighted by molar-refractivity contribution is 6.70. The maximum atomic E-state index is 12.9. The fourth-order valence-electron chi connectivity index (χ4n) is 5.08. The van der Waals surface area contributed by atoms with Gasteiger partial charge in [-0.05, 0) is 82.3 Å². The third kappa shape index (κ3) is 7.57. The van der Waals surface area contributed by atoms with Crippen molar-refractivity contribution in [2.75, 3.05) is 26.2 Å². The van der Waals surface area contributed by atoms with Gasteiger partial charge in [-0.2, -0.15) is 0 Å². The maximum Gasteiger partial charge on any atom is 0.224 e. The van der Waals surface area contributed by atoms with Gasteiger partial charge in [0.15, 0.2) is 0 Å². The molecule has 1 amide bonds. The van der Waals surface area contributed by atoms with Crippen molar-refractivity contribution in [1.82, 2.24) is 15.4 Å². The number of nitrogens with zero attached hydrogens (tertiary/aromatic N) is 3. The summed E-state index contributed by atoms with van der Waals surface area (Å²) in [7, 11) is 0. The maximum absolute atomic E-state index is 12.9. The summed E-state index contributed by atoms with van der Waals surface area (Å²) in [6.45, 7) is 13.0. The van der Waals surface area contributed by atoms with Gasteiger partial charge >= 0.3 is 0 Å². The van der Waals surface area contributed by atoms with Gasteiger partial charge in [-0.1, -0.05) is 37.5 Å². The van der Waals surface area contributed by atoms with E-state index in [1.54, 1.807) is 6.07 Å². The Morgan fingerprint density at radius 2 is 1.97 bits per heavy atom. The Balaban J connectivity index is 1.50. The van der Waals surface area contributed by atoms with E-state index in [4.69, 9.17) is 21.9 Å². The number of halogens is 1. The third-order valence-corrected chi connectivity index (χ3v) is 7.78. The molecule has 190 valence electrons. The molecular formula is C26H42ClN5O2. The van der Waals surface area contributed by atoms with Crippen LogP contribution in [0.1, 0.15) is 84.8 Å². The molecule has 0 aromatic carbocycles. The molecule has 0 atom stereocenters. The van der Waals surface area contributed by atoms with Gasteiger partial charge in [0.1, 0.15) is 17.1 Å². The number of aromatic nitrogens is 1. The van der Waals surface area contributed by atoms with Crippen molar-refractivity contribution in [3.8, 4) is 0 Å². The standard InChI is InChI=1S/C26H42ClN5O2/c1-5-29-24(27)20(23(28)21-8-17-34-31-21)18-22(33)30-19-6-9-26(10-7-19)12-15-32(16-13-26)14-11-25(2,3)4/h8,17,19H,5-7,9-16,18,28H2,1-4H3,(H,30,33)/b23-20-,29-24?. The van der Waals surface area contributed by atoms with Crippen LogP contribution in [0.25, 0.3) is 5.70 Å². The second kappa shape index (κ2) is 11.7. The zero-order chi connectivity index (χ0) is 24.8. The molecule has 2 heterocycles. The number of hydrogen-bond acceptors (Lipinski definition) is 6. The lowest BCUT2D eigenvalue weighted by Gasteiger charge is -2.46. The van der Waals surface area contributed by atoms with Gasteiger partial charge in [-0.3, -0.25) is 9.79 Å². The molecule has 34 heavy (non-hydrogen) atoms. The van der Waals surface area contributed by atoms with Crippen LogP contribution in [0.2, 0.25) is 0 Å². The lowest BCUT2D eigenvalue weighted by atomic mass is 9.67. The van der Waals surface area contributed by atoms with Gasteiger partial charge in [0.2, 0.25) is 5.91 Å². The molecule has 1 aliphatic carbocycles. The molecule has 1 aliphatic heterocycles. The van der Waals surface area contributed by atoms with Crippen molar-refractivity contribution in [2.24, 2.45) is 21.6 Å². The third-order valence-electron chi connectivity index (χ3n) is 7.43. The topological polar surface area (TPSA) is 96.8 Å². The van der Waals surface area contributed by atoms with Crippen LogP contribution in [0.4, 0.5) is 0 Å². The number of nitrogens with two attached hydrogens (primary N) is 1. The number of nitrogens with one attached hydrogen (secondary N) is 1. The van der Waals surface area contributed by atoms with Gasteiger partial charge in [-0.15, -0.1) is 0 Å². The average molecular weight is 492 g/mol. The largest absolute Gasteiger partial charge is 0.397 e. The van der Waals surface area contributed by atoms with E-state index in [1.165, 1.54) is 58.0 Å². The Bertz CT molecular complexity index is 854. The lowest BCUT2D eigenvalue weighted by molar-refractivity contribution is -0.121. The summed E-state index contributed by atoms with van der Waals surface area (Å²) in [5.41, 5.74) is 8.38. The van der Waals surface area contributed by atoms with Gasteiger partial charge < -0.3 is 20.5 Å². The zero-order valence-corrected chi connectivity index (χ0v) is 22.1. The zero-order valence-electron chi connectivity index (χ0n) is 21.3. The van der Waals surface area contributed by atoms with Gasteiger partial charge in [-0.25, -0.2) is 0 Å². The van der Waals surface area contributed by atoms with Crippen molar-refractivity contribution < 1.29 is 9.32 Å². The molecule has 7 nitrogen and oxygen atoms in total. The second-order valence-corrected chi connectivity index (χ2v) is 11.6. The molecule has 2 aliphatic rings. The van der Waals surface area contributed by atoms with Crippen molar-refractivity contribution >= 4 is 28.4 Å². The van der Waals surface area contributed by atoms with Crippen LogP contribution in [0.3, 0.4) is 0 Å². The highest BCUT2D eigenvalue weighted by Gasteiger charge is 2.38. The number of carbonyl (C=O) groups is 1. The molecule has 1 saturated heterocycles. The minimum absolute atomic E-state index is 0.0748. The first kappa shape index (κ1) is 26.7. The Morgan fingerprint density at radius 1 is 1.29 bits per heavy atom. The van der Waals surface area contributed by atoms with Crippen molar-refractivity contribution in [3.05, 3.63) is 23.6 Å². The second-order valence-electron chi connectivity index (χ2n) is 11.2. The van der Waals surface area contributed by atoms with E-state index in [0.717, 1.165) is 12.8 Å². The van der Waals surface area contributed by atoms with Gasteiger partial charge in [0.05, 0.1) is 12.1 Å².